The molecule has 166 valence electrons. The van der Waals surface area contributed by atoms with Gasteiger partial charge in [0.1, 0.15) is 6.04 Å². The molecule has 0 heterocycles. The fourth-order valence-corrected chi connectivity index (χ4v) is 4.58. The average Bonchev–Trinajstić information content (AvgIpc) is 3.26. The minimum absolute atomic E-state index is 0.0454. The maximum atomic E-state index is 13.4. The van der Waals surface area contributed by atoms with Gasteiger partial charge >= 0.3 is 0 Å². The molecule has 6 heteroatoms. The Morgan fingerprint density at radius 3 is 2.45 bits per heavy atom. The van der Waals surface area contributed by atoms with Crippen molar-refractivity contribution in [1.29, 1.82) is 0 Å². The van der Waals surface area contributed by atoms with Gasteiger partial charge in [-0.25, -0.2) is 0 Å². The third-order valence-electron chi connectivity index (χ3n) is 5.79. The molecule has 0 aliphatic heterocycles. The van der Waals surface area contributed by atoms with Crippen molar-refractivity contribution >= 4 is 35.0 Å². The third-order valence-corrected chi connectivity index (χ3v) is 6.38. The predicted octanol–water partition coefficient (Wildman–Crippen LogP) is 5.79. The molecule has 0 radical (unpaired) electrons. The Kier molecular flexibility index (Phi) is 8.79. The number of carbonyl (C=O) groups is 2. The average molecular weight is 461 g/mol. The molecule has 0 bridgehead atoms. The molecule has 1 saturated carbocycles. The Hall–Kier alpha value is -2.04. The van der Waals surface area contributed by atoms with Crippen LogP contribution in [0.2, 0.25) is 10.0 Å². The van der Waals surface area contributed by atoms with E-state index in [2.05, 4.69) is 5.32 Å². The number of benzene rings is 2. The molecule has 3 rings (SSSR count). The first-order chi connectivity index (χ1) is 15.0. The van der Waals surface area contributed by atoms with Crippen LogP contribution in [0.25, 0.3) is 0 Å². The van der Waals surface area contributed by atoms with E-state index < -0.39 is 6.04 Å². The summed E-state index contributed by atoms with van der Waals surface area (Å²) in [6.45, 7) is 2.24. The molecule has 1 unspecified atom stereocenters. The lowest BCUT2D eigenvalue weighted by Gasteiger charge is -2.32. The van der Waals surface area contributed by atoms with E-state index >= 15 is 0 Å². The van der Waals surface area contributed by atoms with Crippen LogP contribution in [0.15, 0.2) is 48.5 Å². The Labute approximate surface area is 194 Å². The topological polar surface area (TPSA) is 49.4 Å². The van der Waals surface area contributed by atoms with Gasteiger partial charge in [0.2, 0.25) is 11.8 Å². The van der Waals surface area contributed by atoms with Crippen LogP contribution < -0.4 is 5.32 Å². The summed E-state index contributed by atoms with van der Waals surface area (Å²) in [5.41, 5.74) is 1.80. The first-order valence-corrected chi connectivity index (χ1v) is 11.8. The summed E-state index contributed by atoms with van der Waals surface area (Å²) >= 11 is 12.5. The molecule has 2 amide bonds. The molecule has 1 aliphatic rings. The van der Waals surface area contributed by atoms with E-state index in [1.54, 1.807) is 17.0 Å². The number of nitrogens with zero attached hydrogens (tertiary/aromatic N) is 1. The highest BCUT2D eigenvalue weighted by Crippen LogP contribution is 2.25. The molecule has 2 aromatic rings. The summed E-state index contributed by atoms with van der Waals surface area (Å²) in [7, 11) is 0. The lowest BCUT2D eigenvalue weighted by molar-refractivity contribution is -0.141. The fourth-order valence-electron chi connectivity index (χ4n) is 4.11. The Morgan fingerprint density at radius 2 is 1.81 bits per heavy atom. The molecule has 1 atom stereocenters. The second-order valence-electron chi connectivity index (χ2n) is 8.20. The van der Waals surface area contributed by atoms with Crippen LogP contribution in [0.4, 0.5) is 0 Å². The van der Waals surface area contributed by atoms with Crippen LogP contribution in [0.1, 0.15) is 56.6 Å². The highest BCUT2D eigenvalue weighted by atomic mass is 35.5. The normalized spacial score (nSPS) is 14.9. The summed E-state index contributed by atoms with van der Waals surface area (Å²) < 4.78 is 0. The summed E-state index contributed by atoms with van der Waals surface area (Å²) in [6, 6.07) is 14.7. The second-order valence-corrected chi connectivity index (χ2v) is 9.05. The molecule has 1 fully saturated rings. The summed E-state index contributed by atoms with van der Waals surface area (Å²) in [5, 5.41) is 4.24. The van der Waals surface area contributed by atoms with Crippen LogP contribution in [0, 0.1) is 0 Å². The lowest BCUT2D eigenvalue weighted by Crippen LogP contribution is -2.52. The lowest BCUT2D eigenvalue weighted by atomic mass is 10.0. The molecule has 0 aromatic heterocycles. The van der Waals surface area contributed by atoms with E-state index in [1.165, 1.54) is 0 Å². The van der Waals surface area contributed by atoms with Gasteiger partial charge in [-0.1, -0.05) is 79.4 Å². The third kappa shape index (κ3) is 6.72. The number of nitrogens with one attached hydrogen (secondary N) is 1. The van der Waals surface area contributed by atoms with Gasteiger partial charge in [-0.15, -0.1) is 0 Å². The van der Waals surface area contributed by atoms with Gasteiger partial charge < -0.3 is 10.2 Å². The minimum Gasteiger partial charge on any atom is -0.352 e. The van der Waals surface area contributed by atoms with Crippen LogP contribution in [0.5, 0.6) is 0 Å². The highest BCUT2D eigenvalue weighted by molar-refractivity contribution is 6.35. The SMILES string of the molecule is CCCC(=O)N(Cc1ccc(Cl)cc1Cl)C(Cc1ccccc1)C(=O)NC1CCCC1. The van der Waals surface area contributed by atoms with Gasteiger partial charge in [-0.3, -0.25) is 9.59 Å². The van der Waals surface area contributed by atoms with E-state index in [9.17, 15) is 9.59 Å². The van der Waals surface area contributed by atoms with Gasteiger partial charge in [0.05, 0.1) is 0 Å². The molecule has 4 nitrogen and oxygen atoms in total. The molecule has 2 aromatic carbocycles. The number of hydrogen-bond donors (Lipinski definition) is 1. The van der Waals surface area contributed by atoms with Crippen LogP contribution in [0.3, 0.4) is 0 Å². The van der Waals surface area contributed by atoms with Crippen molar-refractivity contribution in [3.05, 3.63) is 69.7 Å². The fraction of sp³-hybridized carbons (Fsp3) is 0.440. The Bertz CT molecular complexity index is 882. The largest absolute Gasteiger partial charge is 0.352 e. The molecule has 1 N–H and O–H groups in total. The van der Waals surface area contributed by atoms with E-state index in [0.29, 0.717) is 29.3 Å². The van der Waals surface area contributed by atoms with Gasteiger partial charge in [0.15, 0.2) is 0 Å². The molecule has 0 saturated heterocycles. The number of amides is 2. The minimum atomic E-state index is -0.603. The van der Waals surface area contributed by atoms with Crippen LogP contribution in [-0.4, -0.2) is 28.8 Å². The summed E-state index contributed by atoms with van der Waals surface area (Å²) in [6.07, 6.45) is 5.81. The molecule has 0 spiro atoms. The number of hydrogen-bond acceptors (Lipinski definition) is 2. The maximum Gasteiger partial charge on any atom is 0.243 e. The van der Waals surface area contributed by atoms with Gasteiger partial charge in [-0.05, 0) is 42.5 Å². The van der Waals surface area contributed by atoms with Crippen LogP contribution in [-0.2, 0) is 22.6 Å². The molecule has 31 heavy (non-hydrogen) atoms. The van der Waals surface area contributed by atoms with E-state index in [-0.39, 0.29) is 24.4 Å². The van der Waals surface area contributed by atoms with E-state index in [1.807, 2.05) is 43.3 Å². The maximum absolute atomic E-state index is 13.4. The van der Waals surface area contributed by atoms with Gasteiger partial charge in [0.25, 0.3) is 0 Å². The zero-order valence-corrected chi connectivity index (χ0v) is 19.5. The van der Waals surface area contributed by atoms with Crippen LogP contribution >= 0.6 is 23.2 Å². The number of halogens is 2. The first kappa shape index (κ1) is 23.6. The summed E-state index contributed by atoms with van der Waals surface area (Å²) in [4.78, 5) is 28.3. The highest BCUT2D eigenvalue weighted by Gasteiger charge is 2.32. The van der Waals surface area contributed by atoms with Gasteiger partial charge in [0, 0.05) is 35.5 Å². The Balaban J connectivity index is 1.91. The zero-order valence-electron chi connectivity index (χ0n) is 17.9. The van der Waals surface area contributed by atoms with E-state index in [0.717, 1.165) is 36.8 Å². The van der Waals surface area contributed by atoms with E-state index in [4.69, 9.17) is 23.2 Å². The van der Waals surface area contributed by atoms with Crippen molar-refractivity contribution in [3.63, 3.8) is 0 Å². The monoisotopic (exact) mass is 460 g/mol. The first-order valence-electron chi connectivity index (χ1n) is 11.1. The number of carbonyl (C=O) groups excluding carboxylic acids is 2. The summed E-state index contributed by atoms with van der Waals surface area (Å²) in [5.74, 6) is -0.138. The van der Waals surface area contributed by atoms with Crippen molar-refractivity contribution in [2.45, 2.75) is 70.5 Å². The van der Waals surface area contributed by atoms with Crippen molar-refractivity contribution in [1.82, 2.24) is 10.2 Å². The quantitative estimate of drug-likeness (QED) is 0.514. The molecule has 1 aliphatic carbocycles. The van der Waals surface area contributed by atoms with Crippen molar-refractivity contribution in [2.75, 3.05) is 0 Å². The van der Waals surface area contributed by atoms with Crippen molar-refractivity contribution in [2.24, 2.45) is 0 Å². The standard InChI is InChI=1S/C25H30Cl2N2O2/c1-2-8-24(30)29(17-19-13-14-20(26)16-22(19)27)23(15-18-9-4-3-5-10-18)25(31)28-21-11-6-7-12-21/h3-5,9-10,13-14,16,21,23H,2,6-8,11-12,15,17H2,1H3,(H,28,31). The Morgan fingerprint density at radius 1 is 1.10 bits per heavy atom. The molecular weight excluding hydrogens is 431 g/mol. The second kappa shape index (κ2) is 11.5. The zero-order chi connectivity index (χ0) is 22.2. The van der Waals surface area contributed by atoms with Crippen molar-refractivity contribution < 1.29 is 9.59 Å². The van der Waals surface area contributed by atoms with Crippen molar-refractivity contribution in [3.8, 4) is 0 Å². The number of rotatable bonds is 9. The smallest absolute Gasteiger partial charge is 0.243 e. The predicted molar refractivity (Wildman–Crippen MR) is 126 cm³/mol. The van der Waals surface area contributed by atoms with Gasteiger partial charge in [-0.2, -0.15) is 0 Å². The molecular formula is C25H30Cl2N2O2.